The monoisotopic (exact) mass is 514 g/mol. The molecule has 2 aliphatic rings. The maximum atomic E-state index is 10.6. The number of alkyl halides is 6. The molecule has 0 amide bonds. The van der Waals surface area contributed by atoms with Crippen LogP contribution in [0.3, 0.4) is 0 Å². The molecule has 2 fully saturated rings. The highest BCUT2D eigenvalue weighted by Gasteiger charge is 2.41. The number of anilines is 1. The molecule has 2 aromatic heterocycles. The number of hydrogen-bond donors (Lipinski definition) is 2. The van der Waals surface area contributed by atoms with E-state index in [1.807, 2.05) is 29.8 Å². The van der Waals surface area contributed by atoms with Crippen molar-refractivity contribution < 1.29 is 46.1 Å². The largest absolute Gasteiger partial charge is 0.490 e. The minimum Gasteiger partial charge on any atom is -0.475 e. The molecule has 0 aromatic carbocycles. The van der Waals surface area contributed by atoms with E-state index in [0.29, 0.717) is 0 Å². The number of likely N-dealkylation sites (tertiary alicyclic amines) is 1. The van der Waals surface area contributed by atoms with Gasteiger partial charge < -0.3 is 15.1 Å². The summed E-state index contributed by atoms with van der Waals surface area (Å²) in [6.45, 7) is 5.76. The maximum absolute atomic E-state index is 10.6. The average molecular weight is 514 g/mol. The molecule has 4 rings (SSSR count). The van der Waals surface area contributed by atoms with Crippen LogP contribution >= 0.6 is 11.3 Å². The zero-order valence-corrected chi connectivity index (χ0v) is 18.1. The Balaban J connectivity index is 0.000000244. The van der Waals surface area contributed by atoms with Crippen molar-refractivity contribution in [2.75, 3.05) is 31.1 Å². The van der Waals surface area contributed by atoms with Gasteiger partial charge in [0.25, 0.3) is 0 Å². The molecule has 2 atom stereocenters. The number of hydrogen-bond acceptors (Lipinski definition) is 7. The van der Waals surface area contributed by atoms with Crippen LogP contribution in [0.2, 0.25) is 0 Å². The molecule has 2 aliphatic heterocycles. The van der Waals surface area contributed by atoms with Crippen LogP contribution in [0, 0.1) is 11.8 Å². The Bertz CT molecular complexity index is 889. The second-order valence-corrected chi connectivity index (χ2v) is 8.39. The Morgan fingerprint density at radius 1 is 0.912 bits per heavy atom. The van der Waals surface area contributed by atoms with Gasteiger partial charge in [0.15, 0.2) is 0 Å². The Kier molecular flexibility index (Phi) is 9.21. The minimum absolute atomic E-state index is 0.777. The SMILES string of the molecule is O=C(O)C(F)(F)F.O=C(O)C(F)(F)F.c1cnc(N2CC3CN(Cc4cccs4)CC3C2)nc1. The van der Waals surface area contributed by atoms with Crippen LogP contribution in [0.4, 0.5) is 32.3 Å². The van der Waals surface area contributed by atoms with Gasteiger partial charge in [-0.2, -0.15) is 26.3 Å². The van der Waals surface area contributed by atoms with Crippen LogP contribution in [0.25, 0.3) is 0 Å². The van der Waals surface area contributed by atoms with E-state index in [-0.39, 0.29) is 0 Å². The number of rotatable bonds is 3. The molecule has 0 bridgehead atoms. The van der Waals surface area contributed by atoms with Gasteiger partial charge >= 0.3 is 24.3 Å². The molecule has 2 saturated heterocycles. The van der Waals surface area contributed by atoms with Gasteiger partial charge in [-0.25, -0.2) is 19.6 Å². The van der Waals surface area contributed by atoms with Crippen molar-refractivity contribution in [2.45, 2.75) is 18.9 Å². The molecule has 0 aliphatic carbocycles. The van der Waals surface area contributed by atoms with E-state index in [0.717, 1.165) is 37.4 Å². The van der Waals surface area contributed by atoms with Gasteiger partial charge in [-0.05, 0) is 29.3 Å². The highest BCUT2D eigenvalue weighted by Crippen LogP contribution is 2.33. The first-order chi connectivity index (χ1) is 15.8. The molecular formula is C19H20F6N4O4S. The first-order valence-electron chi connectivity index (χ1n) is 9.64. The standard InChI is InChI=1S/C15H18N4S.2C2HF3O2/c1-3-14(20-6-1)11-18-7-12-9-19(10-13(12)8-18)15-16-4-2-5-17-15;2*3-2(4,5)1(6)7/h1-6,12-13H,7-11H2;2*(H,6,7). The van der Waals surface area contributed by atoms with Crippen LogP contribution in [0.5, 0.6) is 0 Å². The lowest BCUT2D eigenvalue weighted by Crippen LogP contribution is -2.29. The van der Waals surface area contributed by atoms with Crippen molar-refractivity contribution in [1.29, 1.82) is 0 Å². The fourth-order valence-electron chi connectivity index (χ4n) is 3.46. The van der Waals surface area contributed by atoms with Crippen molar-refractivity contribution in [1.82, 2.24) is 14.9 Å². The number of aliphatic carboxylic acids is 2. The van der Waals surface area contributed by atoms with E-state index < -0.39 is 24.3 Å². The van der Waals surface area contributed by atoms with Crippen LogP contribution in [0.15, 0.2) is 36.0 Å². The molecule has 0 spiro atoms. The summed E-state index contributed by atoms with van der Waals surface area (Å²) in [5.74, 6) is -3.07. The summed E-state index contributed by atoms with van der Waals surface area (Å²) in [6.07, 6.45) is -6.50. The molecular weight excluding hydrogens is 494 g/mol. The average Bonchev–Trinajstić information content (AvgIpc) is 3.45. The van der Waals surface area contributed by atoms with Crippen LogP contribution in [-0.2, 0) is 16.1 Å². The molecule has 4 heterocycles. The second-order valence-electron chi connectivity index (χ2n) is 7.35. The summed E-state index contributed by atoms with van der Waals surface area (Å²) in [4.78, 5) is 33.0. The van der Waals surface area contributed by atoms with Gasteiger partial charge in [0, 0.05) is 50.0 Å². The normalized spacial score (nSPS) is 20.0. The Morgan fingerprint density at radius 2 is 1.38 bits per heavy atom. The molecule has 2 unspecified atom stereocenters. The van der Waals surface area contributed by atoms with E-state index in [4.69, 9.17) is 19.8 Å². The lowest BCUT2D eigenvalue weighted by Gasteiger charge is -2.20. The fraction of sp³-hybridized carbons (Fsp3) is 0.474. The maximum Gasteiger partial charge on any atom is 0.490 e. The summed E-state index contributed by atoms with van der Waals surface area (Å²) in [5, 5.41) is 16.4. The Labute approximate surface area is 193 Å². The van der Waals surface area contributed by atoms with Crippen LogP contribution < -0.4 is 4.90 Å². The molecule has 0 saturated carbocycles. The molecule has 2 N–H and O–H groups in total. The molecule has 0 radical (unpaired) electrons. The second kappa shape index (κ2) is 11.5. The number of carbonyl (C=O) groups is 2. The zero-order chi connectivity index (χ0) is 25.5. The molecule has 188 valence electrons. The Morgan fingerprint density at radius 3 is 1.76 bits per heavy atom. The number of aromatic nitrogens is 2. The van der Waals surface area contributed by atoms with Crippen molar-refractivity contribution >= 4 is 29.2 Å². The Hall–Kier alpha value is -2.94. The van der Waals surface area contributed by atoms with Crippen molar-refractivity contribution in [2.24, 2.45) is 11.8 Å². The van der Waals surface area contributed by atoms with Crippen molar-refractivity contribution in [3.05, 3.63) is 40.8 Å². The number of nitrogens with zero attached hydrogens (tertiary/aromatic N) is 4. The van der Waals surface area contributed by atoms with Crippen LogP contribution in [-0.4, -0.2) is 75.6 Å². The third kappa shape index (κ3) is 8.44. The molecule has 8 nitrogen and oxygen atoms in total. The van der Waals surface area contributed by atoms with E-state index in [2.05, 4.69) is 37.3 Å². The van der Waals surface area contributed by atoms with Crippen molar-refractivity contribution in [3.63, 3.8) is 0 Å². The predicted octanol–water partition coefficient (Wildman–Crippen LogP) is 3.37. The lowest BCUT2D eigenvalue weighted by atomic mass is 10.0. The smallest absolute Gasteiger partial charge is 0.475 e. The predicted molar refractivity (Wildman–Crippen MR) is 108 cm³/mol. The van der Waals surface area contributed by atoms with E-state index in [1.54, 1.807) is 0 Å². The third-order valence-corrected chi connectivity index (χ3v) is 5.70. The lowest BCUT2D eigenvalue weighted by molar-refractivity contribution is -0.193. The van der Waals surface area contributed by atoms with Crippen molar-refractivity contribution in [3.8, 4) is 0 Å². The summed E-state index contributed by atoms with van der Waals surface area (Å²) in [6, 6.07) is 6.26. The summed E-state index contributed by atoms with van der Waals surface area (Å²) >= 11 is 1.86. The highest BCUT2D eigenvalue weighted by atomic mass is 32.1. The molecule has 34 heavy (non-hydrogen) atoms. The van der Waals surface area contributed by atoms with Gasteiger partial charge in [-0.3, -0.25) is 4.90 Å². The number of thiophene rings is 1. The first-order valence-corrected chi connectivity index (χ1v) is 10.5. The van der Waals surface area contributed by atoms with Gasteiger partial charge in [0.05, 0.1) is 0 Å². The number of carboxylic acids is 2. The van der Waals surface area contributed by atoms with Gasteiger partial charge in [-0.1, -0.05) is 6.07 Å². The number of fused-ring (bicyclic) bond motifs is 1. The van der Waals surface area contributed by atoms with Gasteiger partial charge in [0.2, 0.25) is 5.95 Å². The fourth-order valence-corrected chi connectivity index (χ4v) is 4.21. The quantitative estimate of drug-likeness (QED) is 0.601. The van der Waals surface area contributed by atoms with Gasteiger partial charge in [0.1, 0.15) is 0 Å². The third-order valence-electron chi connectivity index (χ3n) is 4.84. The summed E-state index contributed by atoms with van der Waals surface area (Å²) < 4.78 is 63.5. The topological polar surface area (TPSA) is 107 Å². The van der Waals surface area contributed by atoms with E-state index >= 15 is 0 Å². The summed E-state index contributed by atoms with van der Waals surface area (Å²) in [7, 11) is 0. The molecule has 2 aromatic rings. The highest BCUT2D eigenvalue weighted by molar-refractivity contribution is 7.09. The van der Waals surface area contributed by atoms with E-state index in [1.165, 1.54) is 18.0 Å². The van der Waals surface area contributed by atoms with E-state index in [9.17, 15) is 26.3 Å². The molecule has 15 heteroatoms. The summed E-state index contributed by atoms with van der Waals surface area (Å²) in [5.41, 5.74) is 0. The number of carboxylic acid groups (broad SMARTS) is 2. The van der Waals surface area contributed by atoms with Crippen LogP contribution in [0.1, 0.15) is 4.88 Å². The van der Waals surface area contributed by atoms with Gasteiger partial charge in [-0.15, -0.1) is 11.3 Å². The first kappa shape index (κ1) is 27.3. The zero-order valence-electron chi connectivity index (χ0n) is 17.3. The minimum atomic E-state index is -5.08. The number of halogens is 6.